The fraction of sp³-hybridized carbons (Fsp3) is 0.400. The molecule has 0 saturated carbocycles. The Morgan fingerprint density at radius 2 is 2.33 bits per heavy atom. The molecule has 1 nitrogen and oxygen atoms in total. The standard InChI is InChI=1S/C10H12ClN/c1-7-10-6-9(11)3-2-8(10)4-5-12-7/h2-3,6-7,12H,4-5H2,1H3. The normalized spacial score (nSPS) is 22.0. The topological polar surface area (TPSA) is 12.0 Å². The van der Waals surface area contributed by atoms with Gasteiger partial charge in [0.1, 0.15) is 0 Å². The largest absolute Gasteiger partial charge is 0.310 e. The maximum atomic E-state index is 5.91. The van der Waals surface area contributed by atoms with E-state index >= 15 is 0 Å². The van der Waals surface area contributed by atoms with Gasteiger partial charge in [-0.05, 0) is 43.1 Å². The molecule has 1 aliphatic heterocycles. The lowest BCUT2D eigenvalue weighted by molar-refractivity contribution is 0.541. The number of hydrogen-bond donors (Lipinski definition) is 1. The highest BCUT2D eigenvalue weighted by molar-refractivity contribution is 6.30. The zero-order chi connectivity index (χ0) is 8.55. The summed E-state index contributed by atoms with van der Waals surface area (Å²) in [7, 11) is 0. The lowest BCUT2D eigenvalue weighted by Gasteiger charge is -2.23. The van der Waals surface area contributed by atoms with Crippen molar-refractivity contribution in [3.63, 3.8) is 0 Å². The first-order valence-corrected chi connectivity index (χ1v) is 4.67. The number of halogens is 1. The number of rotatable bonds is 0. The first-order chi connectivity index (χ1) is 5.77. The Hall–Kier alpha value is -0.530. The van der Waals surface area contributed by atoms with Crippen molar-refractivity contribution < 1.29 is 0 Å². The van der Waals surface area contributed by atoms with E-state index in [-0.39, 0.29) is 0 Å². The minimum absolute atomic E-state index is 0.451. The third kappa shape index (κ3) is 1.35. The van der Waals surface area contributed by atoms with Gasteiger partial charge in [0.25, 0.3) is 0 Å². The maximum Gasteiger partial charge on any atom is 0.0409 e. The van der Waals surface area contributed by atoms with Crippen LogP contribution in [0.2, 0.25) is 5.02 Å². The van der Waals surface area contributed by atoms with Crippen LogP contribution in [0.4, 0.5) is 0 Å². The van der Waals surface area contributed by atoms with Crippen LogP contribution >= 0.6 is 11.6 Å². The molecule has 0 aromatic heterocycles. The van der Waals surface area contributed by atoms with Crippen molar-refractivity contribution in [3.8, 4) is 0 Å². The average molecular weight is 182 g/mol. The number of hydrogen-bond acceptors (Lipinski definition) is 1. The second kappa shape index (κ2) is 3.08. The highest BCUT2D eigenvalue weighted by atomic mass is 35.5. The van der Waals surface area contributed by atoms with Crippen LogP contribution in [0.15, 0.2) is 18.2 Å². The van der Waals surface area contributed by atoms with E-state index in [4.69, 9.17) is 11.6 Å². The van der Waals surface area contributed by atoms with Gasteiger partial charge in [-0.15, -0.1) is 0 Å². The minimum atomic E-state index is 0.451. The SMILES string of the molecule is CC1NCCc2ccc(Cl)cc21. The zero-order valence-corrected chi connectivity index (χ0v) is 7.86. The molecule has 0 radical (unpaired) electrons. The molecule has 0 aliphatic carbocycles. The van der Waals surface area contributed by atoms with E-state index in [0.29, 0.717) is 6.04 Å². The molecular formula is C10H12ClN. The van der Waals surface area contributed by atoms with Crippen LogP contribution in [-0.4, -0.2) is 6.54 Å². The molecule has 0 saturated heterocycles. The van der Waals surface area contributed by atoms with E-state index in [1.165, 1.54) is 11.1 Å². The van der Waals surface area contributed by atoms with Gasteiger partial charge >= 0.3 is 0 Å². The van der Waals surface area contributed by atoms with Crippen LogP contribution in [0.5, 0.6) is 0 Å². The van der Waals surface area contributed by atoms with E-state index in [1.54, 1.807) is 0 Å². The molecule has 1 unspecified atom stereocenters. The Bertz CT molecular complexity index is 296. The average Bonchev–Trinajstić information content (AvgIpc) is 2.07. The highest BCUT2D eigenvalue weighted by Gasteiger charge is 2.14. The fourth-order valence-electron chi connectivity index (χ4n) is 1.73. The third-order valence-electron chi connectivity index (χ3n) is 2.42. The van der Waals surface area contributed by atoms with Gasteiger partial charge < -0.3 is 5.32 Å². The Labute approximate surface area is 77.7 Å². The van der Waals surface area contributed by atoms with Gasteiger partial charge in [0.2, 0.25) is 0 Å². The van der Waals surface area contributed by atoms with Crippen molar-refractivity contribution in [1.82, 2.24) is 5.32 Å². The highest BCUT2D eigenvalue weighted by Crippen LogP contribution is 2.25. The molecule has 1 aromatic rings. The molecule has 1 aliphatic rings. The summed E-state index contributed by atoms with van der Waals surface area (Å²) in [4.78, 5) is 0. The van der Waals surface area contributed by atoms with Gasteiger partial charge in [-0.1, -0.05) is 17.7 Å². The summed E-state index contributed by atoms with van der Waals surface area (Å²) in [5.41, 5.74) is 2.79. The molecule has 0 amide bonds. The summed E-state index contributed by atoms with van der Waals surface area (Å²) in [6.07, 6.45) is 1.12. The van der Waals surface area contributed by atoms with Crippen molar-refractivity contribution in [2.45, 2.75) is 19.4 Å². The smallest absolute Gasteiger partial charge is 0.0409 e. The van der Waals surface area contributed by atoms with Crippen molar-refractivity contribution in [3.05, 3.63) is 34.3 Å². The predicted octanol–water partition coefficient (Wildman–Crippen LogP) is 2.55. The molecular weight excluding hydrogens is 170 g/mol. The number of benzene rings is 1. The zero-order valence-electron chi connectivity index (χ0n) is 7.10. The van der Waals surface area contributed by atoms with E-state index < -0.39 is 0 Å². The van der Waals surface area contributed by atoms with Gasteiger partial charge in [-0.3, -0.25) is 0 Å². The first-order valence-electron chi connectivity index (χ1n) is 4.29. The Morgan fingerprint density at radius 3 is 3.17 bits per heavy atom. The minimum Gasteiger partial charge on any atom is -0.310 e. The summed E-state index contributed by atoms with van der Waals surface area (Å²) in [5, 5.41) is 4.24. The molecule has 64 valence electrons. The maximum absolute atomic E-state index is 5.91. The van der Waals surface area contributed by atoms with Gasteiger partial charge in [-0.25, -0.2) is 0 Å². The molecule has 12 heavy (non-hydrogen) atoms. The molecule has 1 heterocycles. The Balaban J connectivity index is 2.47. The quantitative estimate of drug-likeness (QED) is 0.649. The second-order valence-corrected chi connectivity index (χ2v) is 3.71. The fourth-order valence-corrected chi connectivity index (χ4v) is 1.91. The second-order valence-electron chi connectivity index (χ2n) is 3.27. The predicted molar refractivity (Wildman–Crippen MR) is 51.6 cm³/mol. The van der Waals surface area contributed by atoms with Gasteiger partial charge in [-0.2, -0.15) is 0 Å². The van der Waals surface area contributed by atoms with Crippen molar-refractivity contribution >= 4 is 11.6 Å². The molecule has 0 spiro atoms. The summed E-state index contributed by atoms with van der Waals surface area (Å²) in [5.74, 6) is 0. The van der Waals surface area contributed by atoms with Crippen LogP contribution in [0.3, 0.4) is 0 Å². The lowest BCUT2D eigenvalue weighted by Crippen LogP contribution is -2.27. The number of fused-ring (bicyclic) bond motifs is 1. The summed E-state index contributed by atoms with van der Waals surface area (Å²) in [6.45, 7) is 3.25. The molecule has 1 N–H and O–H groups in total. The first kappa shape index (κ1) is 8.09. The Morgan fingerprint density at radius 1 is 1.50 bits per heavy atom. The van der Waals surface area contributed by atoms with Gasteiger partial charge in [0.05, 0.1) is 0 Å². The summed E-state index contributed by atoms with van der Waals surface area (Å²) >= 11 is 5.91. The third-order valence-corrected chi connectivity index (χ3v) is 2.65. The molecule has 0 bridgehead atoms. The van der Waals surface area contributed by atoms with Crippen molar-refractivity contribution in [2.24, 2.45) is 0 Å². The van der Waals surface area contributed by atoms with E-state index in [2.05, 4.69) is 24.4 Å². The Kier molecular flexibility index (Phi) is 2.07. The van der Waals surface area contributed by atoms with Crippen LogP contribution < -0.4 is 5.32 Å². The van der Waals surface area contributed by atoms with Gasteiger partial charge in [0, 0.05) is 11.1 Å². The lowest BCUT2D eigenvalue weighted by atomic mass is 9.96. The van der Waals surface area contributed by atoms with Gasteiger partial charge in [0.15, 0.2) is 0 Å². The molecule has 2 heteroatoms. The molecule has 1 aromatic carbocycles. The molecule has 2 rings (SSSR count). The van der Waals surface area contributed by atoms with E-state index in [1.807, 2.05) is 6.07 Å². The molecule has 1 atom stereocenters. The molecule has 0 fully saturated rings. The summed E-state index contributed by atoms with van der Waals surface area (Å²) in [6, 6.07) is 6.62. The van der Waals surface area contributed by atoms with Crippen molar-refractivity contribution in [1.29, 1.82) is 0 Å². The summed E-state index contributed by atoms with van der Waals surface area (Å²) < 4.78 is 0. The van der Waals surface area contributed by atoms with Crippen molar-refractivity contribution in [2.75, 3.05) is 6.54 Å². The van der Waals surface area contributed by atoms with Crippen LogP contribution in [-0.2, 0) is 6.42 Å². The van der Waals surface area contributed by atoms with Crippen LogP contribution in [0.1, 0.15) is 24.1 Å². The van der Waals surface area contributed by atoms with E-state index in [9.17, 15) is 0 Å². The van der Waals surface area contributed by atoms with Crippen LogP contribution in [0, 0.1) is 0 Å². The number of nitrogens with one attached hydrogen (secondary N) is 1. The van der Waals surface area contributed by atoms with E-state index in [0.717, 1.165) is 18.0 Å². The van der Waals surface area contributed by atoms with Crippen LogP contribution in [0.25, 0.3) is 0 Å². The monoisotopic (exact) mass is 181 g/mol.